The molecule has 0 unspecified atom stereocenters. The van der Waals surface area contributed by atoms with Crippen LogP contribution in [0.15, 0.2) is 48.5 Å². The van der Waals surface area contributed by atoms with Gasteiger partial charge < -0.3 is 10.6 Å². The van der Waals surface area contributed by atoms with Gasteiger partial charge in [0.05, 0.1) is 11.6 Å². The van der Waals surface area contributed by atoms with E-state index >= 15 is 0 Å². The molecule has 2 amide bonds. The highest BCUT2D eigenvalue weighted by Gasteiger charge is 2.07. The first-order valence-corrected chi connectivity index (χ1v) is 6.98. The normalized spacial score (nSPS) is 10.1. The minimum atomic E-state index is -0.508. The highest BCUT2D eigenvalue weighted by Crippen LogP contribution is 2.15. The zero-order valence-corrected chi connectivity index (χ0v) is 12.4. The number of hydrogen-bond donors (Lipinski definition) is 2. The molecule has 0 atom stereocenters. The molecular weight excluding hydrogens is 307 g/mol. The molecule has 4 nitrogen and oxygen atoms in total. The lowest BCUT2D eigenvalue weighted by atomic mass is 10.2. The minimum absolute atomic E-state index is 0.00382. The van der Waals surface area contributed by atoms with E-state index in [-0.39, 0.29) is 29.9 Å². The molecule has 0 spiro atoms. The van der Waals surface area contributed by atoms with E-state index in [2.05, 4.69) is 10.6 Å². The van der Waals surface area contributed by atoms with Crippen molar-refractivity contribution >= 4 is 23.4 Å². The fourth-order valence-corrected chi connectivity index (χ4v) is 1.97. The van der Waals surface area contributed by atoms with Crippen LogP contribution < -0.4 is 10.6 Å². The molecule has 0 saturated heterocycles. The van der Waals surface area contributed by atoms with Gasteiger partial charge in [0.1, 0.15) is 5.82 Å². The Kier molecular flexibility index (Phi) is 5.49. The number of hydrogen-bond acceptors (Lipinski definition) is 2. The second-order valence-corrected chi connectivity index (χ2v) is 4.98. The molecule has 22 heavy (non-hydrogen) atoms. The molecule has 0 bridgehead atoms. The summed E-state index contributed by atoms with van der Waals surface area (Å²) in [6.07, 6.45) is 0. The maximum atomic E-state index is 13.0. The van der Waals surface area contributed by atoms with E-state index in [0.29, 0.717) is 11.1 Å². The number of benzene rings is 2. The summed E-state index contributed by atoms with van der Waals surface area (Å²) in [7, 11) is 0. The van der Waals surface area contributed by atoms with Gasteiger partial charge in [0.25, 0.3) is 5.91 Å². The third kappa shape index (κ3) is 4.56. The van der Waals surface area contributed by atoms with Gasteiger partial charge in [-0.15, -0.1) is 0 Å². The number of carbonyl (C=O) groups excluding carboxylic acids is 2. The van der Waals surface area contributed by atoms with Gasteiger partial charge in [-0.2, -0.15) is 0 Å². The van der Waals surface area contributed by atoms with Crippen LogP contribution >= 0.6 is 11.6 Å². The number of rotatable bonds is 5. The van der Waals surface area contributed by atoms with Crippen LogP contribution in [0.5, 0.6) is 0 Å². The van der Waals surface area contributed by atoms with E-state index in [4.69, 9.17) is 11.6 Å². The SMILES string of the molecule is O=C(CNC(=O)c1ccccc1)NCc1ccc(F)c(Cl)c1. The maximum Gasteiger partial charge on any atom is 0.251 e. The van der Waals surface area contributed by atoms with E-state index in [1.807, 2.05) is 0 Å². The predicted molar refractivity (Wildman–Crippen MR) is 82.0 cm³/mol. The van der Waals surface area contributed by atoms with Gasteiger partial charge in [-0.25, -0.2) is 4.39 Å². The molecule has 2 N–H and O–H groups in total. The van der Waals surface area contributed by atoms with E-state index in [1.165, 1.54) is 18.2 Å². The van der Waals surface area contributed by atoms with Crippen LogP contribution in [0.2, 0.25) is 5.02 Å². The summed E-state index contributed by atoms with van der Waals surface area (Å²) in [4.78, 5) is 23.4. The number of amides is 2. The molecule has 0 aliphatic rings. The first kappa shape index (κ1) is 16.0. The molecule has 0 heterocycles. The summed E-state index contributed by atoms with van der Waals surface area (Å²) in [5.41, 5.74) is 1.16. The van der Waals surface area contributed by atoms with Crippen LogP contribution in [0.1, 0.15) is 15.9 Å². The van der Waals surface area contributed by atoms with Gasteiger partial charge in [0.15, 0.2) is 0 Å². The lowest BCUT2D eigenvalue weighted by Gasteiger charge is -2.07. The van der Waals surface area contributed by atoms with E-state index in [0.717, 1.165) is 0 Å². The van der Waals surface area contributed by atoms with E-state index < -0.39 is 5.82 Å². The van der Waals surface area contributed by atoms with Crippen molar-refractivity contribution in [1.29, 1.82) is 0 Å². The highest BCUT2D eigenvalue weighted by atomic mass is 35.5. The summed E-state index contributed by atoms with van der Waals surface area (Å²) in [5.74, 6) is -1.17. The smallest absolute Gasteiger partial charge is 0.251 e. The average molecular weight is 321 g/mol. The van der Waals surface area contributed by atoms with Crippen molar-refractivity contribution < 1.29 is 14.0 Å². The van der Waals surface area contributed by atoms with Crippen LogP contribution in [0.3, 0.4) is 0 Å². The van der Waals surface area contributed by atoms with Crippen molar-refractivity contribution in [2.75, 3.05) is 6.54 Å². The van der Waals surface area contributed by atoms with Crippen LogP contribution in [0.4, 0.5) is 4.39 Å². The Morgan fingerprint density at radius 1 is 1.05 bits per heavy atom. The van der Waals surface area contributed by atoms with Gasteiger partial charge in [-0.1, -0.05) is 35.9 Å². The van der Waals surface area contributed by atoms with Gasteiger partial charge in [0, 0.05) is 12.1 Å². The molecule has 0 aromatic heterocycles. The standard InChI is InChI=1S/C16H14ClFN2O2/c17-13-8-11(6-7-14(13)18)9-19-15(21)10-20-16(22)12-4-2-1-3-5-12/h1-8H,9-10H2,(H,19,21)(H,20,22). The Balaban J connectivity index is 1.78. The second-order valence-electron chi connectivity index (χ2n) is 4.57. The summed E-state index contributed by atoms with van der Waals surface area (Å²) in [5, 5.41) is 5.14. The van der Waals surface area contributed by atoms with Crippen molar-refractivity contribution in [3.63, 3.8) is 0 Å². The number of halogens is 2. The Morgan fingerprint density at radius 3 is 2.45 bits per heavy atom. The number of nitrogens with one attached hydrogen (secondary N) is 2. The molecule has 0 aliphatic heterocycles. The third-order valence-corrected chi connectivity index (χ3v) is 3.21. The van der Waals surface area contributed by atoms with Crippen molar-refractivity contribution in [2.45, 2.75) is 6.54 Å². The molecule has 0 aliphatic carbocycles. The van der Waals surface area contributed by atoms with Gasteiger partial charge in [-0.05, 0) is 29.8 Å². The zero-order valence-electron chi connectivity index (χ0n) is 11.6. The Bertz CT molecular complexity index is 677. The third-order valence-electron chi connectivity index (χ3n) is 2.92. The van der Waals surface area contributed by atoms with Crippen molar-refractivity contribution in [3.05, 3.63) is 70.5 Å². The Morgan fingerprint density at radius 2 is 1.77 bits per heavy atom. The van der Waals surface area contributed by atoms with Crippen molar-refractivity contribution in [1.82, 2.24) is 10.6 Å². The fourth-order valence-electron chi connectivity index (χ4n) is 1.76. The lowest BCUT2D eigenvalue weighted by Crippen LogP contribution is -2.36. The maximum absolute atomic E-state index is 13.0. The summed E-state index contributed by atoms with van der Waals surface area (Å²) < 4.78 is 13.0. The summed E-state index contributed by atoms with van der Waals surface area (Å²) in [6, 6.07) is 12.8. The first-order valence-electron chi connectivity index (χ1n) is 6.60. The summed E-state index contributed by atoms with van der Waals surface area (Å²) in [6.45, 7) is 0.0721. The molecule has 2 aromatic carbocycles. The minimum Gasteiger partial charge on any atom is -0.350 e. The molecule has 114 valence electrons. The lowest BCUT2D eigenvalue weighted by molar-refractivity contribution is -0.120. The summed E-state index contributed by atoms with van der Waals surface area (Å²) >= 11 is 5.65. The first-order chi connectivity index (χ1) is 10.6. The fraction of sp³-hybridized carbons (Fsp3) is 0.125. The number of carbonyl (C=O) groups is 2. The monoisotopic (exact) mass is 320 g/mol. The molecule has 2 rings (SSSR count). The van der Waals surface area contributed by atoms with Gasteiger partial charge in [0.2, 0.25) is 5.91 Å². The van der Waals surface area contributed by atoms with Gasteiger partial charge >= 0.3 is 0 Å². The average Bonchev–Trinajstić information content (AvgIpc) is 2.54. The quantitative estimate of drug-likeness (QED) is 0.889. The Hall–Kier alpha value is -2.40. The largest absolute Gasteiger partial charge is 0.350 e. The highest BCUT2D eigenvalue weighted by molar-refractivity contribution is 6.30. The molecule has 6 heteroatoms. The molecule has 0 fully saturated rings. The molecular formula is C16H14ClFN2O2. The molecule has 0 saturated carbocycles. The van der Waals surface area contributed by atoms with Crippen molar-refractivity contribution in [2.24, 2.45) is 0 Å². The molecule has 2 aromatic rings. The van der Waals surface area contributed by atoms with Crippen molar-refractivity contribution in [3.8, 4) is 0 Å². The van der Waals surface area contributed by atoms with Crippen LogP contribution in [0.25, 0.3) is 0 Å². The zero-order chi connectivity index (χ0) is 15.9. The topological polar surface area (TPSA) is 58.2 Å². The molecule has 0 radical (unpaired) electrons. The van der Waals surface area contributed by atoms with Crippen LogP contribution in [-0.4, -0.2) is 18.4 Å². The van der Waals surface area contributed by atoms with E-state index in [1.54, 1.807) is 30.3 Å². The van der Waals surface area contributed by atoms with Crippen LogP contribution in [-0.2, 0) is 11.3 Å². The van der Waals surface area contributed by atoms with E-state index in [9.17, 15) is 14.0 Å². The Labute approximate surface area is 132 Å². The van der Waals surface area contributed by atoms with Crippen LogP contribution in [0, 0.1) is 5.82 Å². The predicted octanol–water partition coefficient (Wildman–Crippen LogP) is 2.53. The second kappa shape index (κ2) is 7.56. The van der Waals surface area contributed by atoms with Gasteiger partial charge in [-0.3, -0.25) is 9.59 Å².